The third-order valence-corrected chi connectivity index (χ3v) is 2.62. The van der Waals surface area contributed by atoms with Crippen LogP contribution in [0.25, 0.3) is 0 Å². The van der Waals surface area contributed by atoms with E-state index in [0.29, 0.717) is 17.1 Å². The maximum Gasteiger partial charge on any atom is 0.250 e. The summed E-state index contributed by atoms with van der Waals surface area (Å²) in [6, 6.07) is 9.68. The molecular formula is C15H13N5O3. The van der Waals surface area contributed by atoms with E-state index in [2.05, 4.69) is 10.6 Å². The summed E-state index contributed by atoms with van der Waals surface area (Å²) in [7, 11) is 2.84. The second kappa shape index (κ2) is 8.68. The Morgan fingerprint density at radius 1 is 1.09 bits per heavy atom. The molecule has 0 fully saturated rings. The maximum atomic E-state index is 11.6. The van der Waals surface area contributed by atoms with Crippen LogP contribution in [0.4, 0.5) is 11.4 Å². The van der Waals surface area contributed by atoms with E-state index < -0.39 is 5.91 Å². The van der Waals surface area contributed by atoms with Gasteiger partial charge in [-0.25, -0.2) is 0 Å². The summed E-state index contributed by atoms with van der Waals surface area (Å²) in [5, 5.41) is 32.1. The van der Waals surface area contributed by atoms with Gasteiger partial charge in [-0.05, 0) is 12.1 Å². The highest BCUT2D eigenvalue weighted by atomic mass is 16.5. The quantitative estimate of drug-likeness (QED) is 0.761. The van der Waals surface area contributed by atoms with Gasteiger partial charge in [0.2, 0.25) is 5.91 Å². The third-order valence-electron chi connectivity index (χ3n) is 2.62. The largest absolute Gasteiger partial charge is 0.497 e. The fourth-order valence-electron chi connectivity index (χ4n) is 1.60. The number of anilines is 2. The van der Waals surface area contributed by atoms with Crippen molar-refractivity contribution in [2.75, 3.05) is 31.5 Å². The van der Waals surface area contributed by atoms with E-state index >= 15 is 0 Å². The number of hydrogen-bond acceptors (Lipinski definition) is 7. The zero-order chi connectivity index (χ0) is 17.2. The number of hydrogen-bond donors (Lipinski definition) is 2. The van der Waals surface area contributed by atoms with Gasteiger partial charge in [-0.15, -0.1) is 0 Å². The number of rotatable bonds is 6. The molecule has 1 aromatic carbocycles. The lowest BCUT2D eigenvalue weighted by Crippen LogP contribution is -2.18. The van der Waals surface area contributed by atoms with Crippen LogP contribution < -0.4 is 15.4 Å². The molecular weight excluding hydrogens is 298 g/mol. The van der Waals surface area contributed by atoms with Crippen LogP contribution in [0.1, 0.15) is 0 Å². The Kier molecular flexibility index (Phi) is 6.61. The molecule has 0 radical (unpaired) electrons. The molecule has 2 N–H and O–H groups in total. The SMILES string of the molecule is COCC(=O)Nc1ccc(OC)cc1NC(C#N)=C(C#N)C#N. The van der Waals surface area contributed by atoms with E-state index in [9.17, 15) is 4.79 Å². The number of amides is 1. The molecule has 0 saturated carbocycles. The van der Waals surface area contributed by atoms with Crippen molar-refractivity contribution >= 4 is 17.3 Å². The molecule has 1 amide bonds. The summed E-state index contributed by atoms with van der Waals surface area (Å²) in [4.78, 5) is 11.6. The number of nitriles is 3. The number of benzene rings is 1. The van der Waals surface area contributed by atoms with Crippen LogP contribution in [0.15, 0.2) is 29.5 Å². The smallest absolute Gasteiger partial charge is 0.250 e. The Hall–Kier alpha value is -3.54. The molecule has 0 saturated heterocycles. The number of methoxy groups -OCH3 is 2. The molecule has 0 aliphatic carbocycles. The minimum Gasteiger partial charge on any atom is -0.497 e. The molecule has 0 heterocycles. The van der Waals surface area contributed by atoms with Gasteiger partial charge in [0.25, 0.3) is 0 Å². The van der Waals surface area contributed by atoms with Crippen LogP contribution in [-0.4, -0.2) is 26.7 Å². The topological polar surface area (TPSA) is 131 Å². The van der Waals surface area contributed by atoms with Crippen molar-refractivity contribution in [3.8, 4) is 24.0 Å². The molecule has 0 bridgehead atoms. The monoisotopic (exact) mass is 311 g/mol. The summed E-state index contributed by atoms with van der Waals surface area (Å²) in [6.45, 7) is -0.145. The fourth-order valence-corrected chi connectivity index (χ4v) is 1.60. The van der Waals surface area contributed by atoms with E-state index in [0.717, 1.165) is 0 Å². The first kappa shape index (κ1) is 17.5. The summed E-state index contributed by atoms with van der Waals surface area (Å²) < 4.78 is 9.82. The Morgan fingerprint density at radius 2 is 1.78 bits per heavy atom. The van der Waals surface area contributed by atoms with Gasteiger partial charge in [0, 0.05) is 13.2 Å². The number of allylic oxidation sites excluding steroid dienone is 2. The first-order valence-electron chi connectivity index (χ1n) is 6.28. The normalized spacial score (nSPS) is 8.83. The van der Waals surface area contributed by atoms with Crippen molar-refractivity contribution in [1.82, 2.24) is 0 Å². The predicted molar refractivity (Wildman–Crippen MR) is 81.0 cm³/mol. The minimum atomic E-state index is -0.399. The van der Waals surface area contributed by atoms with Crippen LogP contribution >= 0.6 is 0 Å². The van der Waals surface area contributed by atoms with E-state index in [1.807, 2.05) is 0 Å². The second-order valence-corrected chi connectivity index (χ2v) is 4.10. The molecule has 0 spiro atoms. The lowest BCUT2D eigenvalue weighted by Gasteiger charge is -2.14. The van der Waals surface area contributed by atoms with Gasteiger partial charge in [-0.3, -0.25) is 4.79 Å². The lowest BCUT2D eigenvalue weighted by atomic mass is 10.2. The molecule has 8 nitrogen and oxygen atoms in total. The van der Waals surface area contributed by atoms with Crippen molar-refractivity contribution in [2.24, 2.45) is 0 Å². The van der Waals surface area contributed by atoms with Crippen molar-refractivity contribution in [2.45, 2.75) is 0 Å². The number of carbonyl (C=O) groups is 1. The first-order valence-corrected chi connectivity index (χ1v) is 6.28. The van der Waals surface area contributed by atoms with Crippen LogP contribution in [0.3, 0.4) is 0 Å². The van der Waals surface area contributed by atoms with Gasteiger partial charge < -0.3 is 20.1 Å². The number of nitrogens with zero attached hydrogens (tertiary/aromatic N) is 3. The summed E-state index contributed by atoms with van der Waals surface area (Å²) >= 11 is 0. The van der Waals surface area contributed by atoms with Crippen molar-refractivity contribution < 1.29 is 14.3 Å². The van der Waals surface area contributed by atoms with Gasteiger partial charge >= 0.3 is 0 Å². The number of carbonyl (C=O) groups excluding carboxylic acids is 1. The third kappa shape index (κ3) is 4.75. The summed E-state index contributed by atoms with van der Waals surface area (Å²) in [6.07, 6.45) is 0. The minimum absolute atomic E-state index is 0.145. The Morgan fingerprint density at radius 3 is 2.30 bits per heavy atom. The van der Waals surface area contributed by atoms with Gasteiger partial charge in [-0.1, -0.05) is 0 Å². The average Bonchev–Trinajstić information content (AvgIpc) is 2.56. The van der Waals surface area contributed by atoms with E-state index in [-0.39, 0.29) is 17.9 Å². The van der Waals surface area contributed by atoms with Gasteiger partial charge in [0.15, 0.2) is 5.57 Å². The highest BCUT2D eigenvalue weighted by Crippen LogP contribution is 2.28. The lowest BCUT2D eigenvalue weighted by molar-refractivity contribution is -0.119. The van der Waals surface area contributed by atoms with Gasteiger partial charge in [0.05, 0.1) is 18.5 Å². The Labute approximate surface area is 133 Å². The zero-order valence-corrected chi connectivity index (χ0v) is 12.5. The molecule has 0 aliphatic heterocycles. The van der Waals surface area contributed by atoms with E-state index in [1.165, 1.54) is 20.3 Å². The van der Waals surface area contributed by atoms with Crippen molar-refractivity contribution in [1.29, 1.82) is 15.8 Å². The molecule has 8 heteroatoms. The van der Waals surface area contributed by atoms with Crippen molar-refractivity contribution in [3.63, 3.8) is 0 Å². The standard InChI is InChI=1S/C15H13N5O3/c1-22-9-15(21)20-12-4-3-11(23-2)5-13(12)19-14(8-18)10(6-16)7-17/h3-5,19H,9H2,1-2H3,(H,20,21). The van der Waals surface area contributed by atoms with E-state index in [4.69, 9.17) is 25.3 Å². The van der Waals surface area contributed by atoms with Gasteiger partial charge in [0.1, 0.15) is 36.3 Å². The molecule has 116 valence electrons. The fraction of sp³-hybridized carbons (Fsp3) is 0.200. The Bertz CT molecular complexity index is 734. The van der Waals surface area contributed by atoms with Crippen LogP contribution in [0.5, 0.6) is 5.75 Å². The zero-order valence-electron chi connectivity index (χ0n) is 12.5. The molecule has 0 aliphatic rings. The van der Waals surface area contributed by atoms with E-state index in [1.54, 1.807) is 30.3 Å². The molecule has 23 heavy (non-hydrogen) atoms. The van der Waals surface area contributed by atoms with Gasteiger partial charge in [-0.2, -0.15) is 15.8 Å². The molecule has 0 unspecified atom stereocenters. The predicted octanol–water partition coefficient (Wildman–Crippen LogP) is 1.52. The molecule has 1 rings (SSSR count). The molecule has 1 aromatic rings. The van der Waals surface area contributed by atoms with Crippen LogP contribution in [0, 0.1) is 34.0 Å². The highest BCUT2D eigenvalue weighted by molar-refractivity contribution is 5.95. The van der Waals surface area contributed by atoms with Crippen LogP contribution in [0.2, 0.25) is 0 Å². The number of ether oxygens (including phenoxy) is 2. The average molecular weight is 311 g/mol. The summed E-state index contributed by atoms with van der Waals surface area (Å²) in [5.74, 6) is 0.0639. The summed E-state index contributed by atoms with van der Waals surface area (Å²) in [5.41, 5.74) is 0.0409. The molecule has 0 atom stereocenters. The number of nitrogens with one attached hydrogen (secondary N) is 2. The van der Waals surface area contributed by atoms with Crippen LogP contribution in [-0.2, 0) is 9.53 Å². The first-order chi connectivity index (χ1) is 11.1. The maximum absolute atomic E-state index is 11.6. The second-order valence-electron chi connectivity index (χ2n) is 4.10. The highest BCUT2D eigenvalue weighted by Gasteiger charge is 2.12. The van der Waals surface area contributed by atoms with Crippen molar-refractivity contribution in [3.05, 3.63) is 29.5 Å². The molecule has 0 aromatic heterocycles. The Balaban J connectivity index is 3.25.